The first-order valence-electron chi connectivity index (χ1n) is 10.3. The zero-order valence-electron chi connectivity index (χ0n) is 16.8. The molecule has 2 aromatic carbocycles. The maximum absolute atomic E-state index is 13.6. The van der Waals surface area contributed by atoms with Crippen LogP contribution in [0.2, 0.25) is 0 Å². The molecule has 0 spiro atoms. The number of rotatable bonds is 5. The van der Waals surface area contributed by atoms with Gasteiger partial charge in [-0.2, -0.15) is 5.26 Å². The summed E-state index contributed by atoms with van der Waals surface area (Å²) in [7, 11) is 2.11. The third-order valence-corrected chi connectivity index (χ3v) is 6.02. The Morgan fingerprint density at radius 1 is 1.21 bits per heavy atom. The summed E-state index contributed by atoms with van der Waals surface area (Å²) in [5.41, 5.74) is 3.11. The molecule has 4 nitrogen and oxygen atoms in total. The normalized spacial score (nSPS) is 20.7. The molecule has 2 aliphatic heterocycles. The number of fused-ring (bicyclic) bond motifs is 1. The molecule has 0 amide bonds. The highest BCUT2D eigenvalue weighted by Gasteiger charge is 2.41. The molecule has 1 atom stereocenters. The standard InChI is InChI=1S/C24H26FN3O/c1-28(23-5-2-3-13-27-23)14-4-12-24(20-7-9-21(25)10-8-20)22-11-6-18(16-26)15-19(22)17-29-24/h6-11,15H,2-5,12-14,17H2,1H3. The SMILES string of the molecule is CN(CCCC1(c2ccc(F)cc2)OCc2cc(C#N)ccc21)C1=NCCCC1. The van der Waals surface area contributed by atoms with E-state index in [1.54, 1.807) is 0 Å². The lowest BCUT2D eigenvalue weighted by molar-refractivity contribution is -0.0136. The van der Waals surface area contributed by atoms with E-state index in [0.29, 0.717) is 12.2 Å². The number of aliphatic imine (C=N–C) groups is 1. The second-order valence-electron chi connectivity index (χ2n) is 7.89. The van der Waals surface area contributed by atoms with Crippen LogP contribution in [-0.4, -0.2) is 30.9 Å². The van der Waals surface area contributed by atoms with Crippen LogP contribution in [-0.2, 0) is 16.9 Å². The van der Waals surface area contributed by atoms with E-state index in [-0.39, 0.29) is 5.82 Å². The van der Waals surface area contributed by atoms with Crippen LogP contribution < -0.4 is 0 Å². The lowest BCUT2D eigenvalue weighted by Gasteiger charge is -2.32. The van der Waals surface area contributed by atoms with E-state index in [0.717, 1.165) is 49.0 Å². The molecule has 2 aliphatic rings. The zero-order valence-corrected chi connectivity index (χ0v) is 16.8. The molecule has 1 unspecified atom stereocenters. The van der Waals surface area contributed by atoms with Crippen LogP contribution in [0.4, 0.5) is 4.39 Å². The minimum atomic E-state index is -0.605. The van der Waals surface area contributed by atoms with Crippen molar-refractivity contribution in [1.29, 1.82) is 5.26 Å². The average molecular weight is 391 g/mol. The molecular formula is C24H26FN3O. The first kappa shape index (κ1) is 19.6. The second-order valence-corrected chi connectivity index (χ2v) is 7.89. The molecule has 150 valence electrons. The third-order valence-electron chi connectivity index (χ3n) is 6.02. The van der Waals surface area contributed by atoms with Crippen LogP contribution in [0, 0.1) is 17.1 Å². The van der Waals surface area contributed by atoms with Gasteiger partial charge >= 0.3 is 0 Å². The monoisotopic (exact) mass is 391 g/mol. The van der Waals surface area contributed by atoms with Gasteiger partial charge in [-0.15, -0.1) is 0 Å². The lowest BCUT2D eigenvalue weighted by atomic mass is 9.81. The lowest BCUT2D eigenvalue weighted by Crippen LogP contribution is -2.32. The molecule has 5 heteroatoms. The van der Waals surface area contributed by atoms with E-state index in [1.165, 1.54) is 30.8 Å². The number of benzene rings is 2. The number of hydrogen-bond donors (Lipinski definition) is 0. The minimum absolute atomic E-state index is 0.253. The van der Waals surface area contributed by atoms with Gasteiger partial charge in [0.25, 0.3) is 0 Å². The predicted molar refractivity (Wildman–Crippen MR) is 111 cm³/mol. The maximum Gasteiger partial charge on any atom is 0.123 e. The van der Waals surface area contributed by atoms with Crippen molar-refractivity contribution in [2.75, 3.05) is 20.1 Å². The van der Waals surface area contributed by atoms with Crippen molar-refractivity contribution in [2.45, 2.75) is 44.3 Å². The number of halogens is 1. The summed E-state index contributed by atoms with van der Waals surface area (Å²) in [6.07, 6.45) is 5.15. The highest BCUT2D eigenvalue weighted by atomic mass is 19.1. The number of hydrogen-bond acceptors (Lipinski definition) is 4. The Morgan fingerprint density at radius 2 is 2.03 bits per heavy atom. The zero-order chi connectivity index (χ0) is 20.3. The molecule has 4 rings (SSSR count). The smallest absolute Gasteiger partial charge is 0.123 e. The molecular weight excluding hydrogens is 365 g/mol. The summed E-state index contributed by atoms with van der Waals surface area (Å²) in [6, 6.07) is 14.6. The van der Waals surface area contributed by atoms with Crippen molar-refractivity contribution < 1.29 is 9.13 Å². The number of amidine groups is 1. The number of nitriles is 1. The van der Waals surface area contributed by atoms with Gasteiger partial charge in [0, 0.05) is 26.6 Å². The molecule has 0 fully saturated rings. The van der Waals surface area contributed by atoms with Gasteiger partial charge in [-0.1, -0.05) is 18.2 Å². The van der Waals surface area contributed by atoms with Gasteiger partial charge in [0.1, 0.15) is 11.4 Å². The molecule has 2 heterocycles. The first-order chi connectivity index (χ1) is 14.1. The van der Waals surface area contributed by atoms with Crippen molar-refractivity contribution in [2.24, 2.45) is 4.99 Å². The van der Waals surface area contributed by atoms with Gasteiger partial charge in [0.05, 0.1) is 24.1 Å². The maximum atomic E-state index is 13.6. The van der Waals surface area contributed by atoms with Crippen molar-refractivity contribution in [3.63, 3.8) is 0 Å². The summed E-state index contributed by atoms with van der Waals surface area (Å²) in [5, 5.41) is 9.22. The topological polar surface area (TPSA) is 48.6 Å². The van der Waals surface area contributed by atoms with E-state index in [4.69, 9.17) is 4.74 Å². The van der Waals surface area contributed by atoms with Crippen LogP contribution in [0.3, 0.4) is 0 Å². The molecule has 0 saturated carbocycles. The highest BCUT2D eigenvalue weighted by molar-refractivity contribution is 5.82. The number of ether oxygens (including phenoxy) is 1. The molecule has 0 radical (unpaired) electrons. The van der Waals surface area contributed by atoms with E-state index in [1.807, 2.05) is 30.3 Å². The Balaban J connectivity index is 1.59. The number of nitrogens with zero attached hydrogens (tertiary/aromatic N) is 3. The van der Waals surface area contributed by atoms with E-state index >= 15 is 0 Å². The van der Waals surface area contributed by atoms with Gasteiger partial charge in [-0.25, -0.2) is 4.39 Å². The summed E-state index contributed by atoms with van der Waals surface area (Å²) < 4.78 is 19.9. The Morgan fingerprint density at radius 3 is 2.76 bits per heavy atom. The minimum Gasteiger partial charge on any atom is -0.363 e. The van der Waals surface area contributed by atoms with Crippen LogP contribution in [0.5, 0.6) is 0 Å². The quantitative estimate of drug-likeness (QED) is 0.738. The fraction of sp³-hybridized carbons (Fsp3) is 0.417. The van der Waals surface area contributed by atoms with Crippen LogP contribution in [0.15, 0.2) is 47.5 Å². The van der Waals surface area contributed by atoms with Crippen LogP contribution in [0.25, 0.3) is 0 Å². The van der Waals surface area contributed by atoms with Crippen molar-refractivity contribution in [3.05, 3.63) is 70.5 Å². The van der Waals surface area contributed by atoms with Crippen molar-refractivity contribution >= 4 is 5.84 Å². The summed E-state index contributed by atoms with van der Waals surface area (Å²) in [4.78, 5) is 6.92. The van der Waals surface area contributed by atoms with Crippen LogP contribution >= 0.6 is 0 Å². The fourth-order valence-corrected chi connectivity index (χ4v) is 4.45. The molecule has 0 bridgehead atoms. The largest absolute Gasteiger partial charge is 0.363 e. The molecule has 0 N–H and O–H groups in total. The van der Waals surface area contributed by atoms with Crippen molar-refractivity contribution in [1.82, 2.24) is 4.90 Å². The second kappa shape index (κ2) is 8.34. The van der Waals surface area contributed by atoms with E-state index < -0.39 is 5.60 Å². The molecule has 29 heavy (non-hydrogen) atoms. The van der Waals surface area contributed by atoms with Crippen molar-refractivity contribution in [3.8, 4) is 6.07 Å². The molecule has 0 aliphatic carbocycles. The third kappa shape index (κ3) is 3.90. The summed E-state index contributed by atoms with van der Waals surface area (Å²) in [5.74, 6) is 0.940. The summed E-state index contributed by atoms with van der Waals surface area (Å²) in [6.45, 7) is 2.29. The molecule has 2 aromatic rings. The molecule has 0 saturated heterocycles. The van der Waals surface area contributed by atoms with Crippen LogP contribution in [0.1, 0.15) is 54.4 Å². The van der Waals surface area contributed by atoms with Gasteiger partial charge in [-0.3, -0.25) is 4.99 Å². The van der Waals surface area contributed by atoms with E-state index in [9.17, 15) is 9.65 Å². The highest BCUT2D eigenvalue weighted by Crippen LogP contribution is 2.45. The Bertz CT molecular complexity index is 948. The van der Waals surface area contributed by atoms with E-state index in [2.05, 4.69) is 23.0 Å². The predicted octanol–water partition coefficient (Wildman–Crippen LogP) is 4.77. The first-order valence-corrected chi connectivity index (χ1v) is 10.3. The Hall–Kier alpha value is -2.71. The summed E-state index contributed by atoms with van der Waals surface area (Å²) >= 11 is 0. The Labute approximate surface area is 171 Å². The average Bonchev–Trinajstić information content (AvgIpc) is 3.13. The fourth-order valence-electron chi connectivity index (χ4n) is 4.45. The van der Waals surface area contributed by atoms with Gasteiger partial charge < -0.3 is 9.64 Å². The van der Waals surface area contributed by atoms with Gasteiger partial charge in [0.15, 0.2) is 0 Å². The molecule has 0 aromatic heterocycles. The van der Waals surface area contributed by atoms with Gasteiger partial charge in [-0.05, 0) is 66.6 Å². The Kier molecular flexibility index (Phi) is 5.64. The van der Waals surface area contributed by atoms with Gasteiger partial charge in [0.2, 0.25) is 0 Å².